The van der Waals surface area contributed by atoms with Crippen molar-refractivity contribution >= 4 is 0 Å². The van der Waals surface area contributed by atoms with Crippen molar-refractivity contribution in [1.29, 1.82) is 0 Å². The van der Waals surface area contributed by atoms with Gasteiger partial charge in [0.2, 0.25) is 0 Å². The van der Waals surface area contributed by atoms with Gasteiger partial charge in [-0.15, -0.1) is 0 Å². The Balaban J connectivity index is 2.29. The van der Waals surface area contributed by atoms with Crippen molar-refractivity contribution in [3.05, 3.63) is 59.0 Å². The summed E-state index contributed by atoms with van der Waals surface area (Å²) >= 11 is 0. The van der Waals surface area contributed by atoms with Crippen molar-refractivity contribution in [2.24, 2.45) is 0 Å². The predicted molar refractivity (Wildman–Crippen MR) is 66.8 cm³/mol. The zero-order chi connectivity index (χ0) is 11.5. The molecule has 0 saturated carbocycles. The lowest BCUT2D eigenvalue weighted by molar-refractivity contribution is 0.564. The molecule has 2 aromatic rings. The van der Waals surface area contributed by atoms with Crippen LogP contribution in [0.4, 0.5) is 0 Å². The Kier molecular flexibility index (Phi) is 3.14. The highest BCUT2D eigenvalue weighted by atomic mass is 16.3. The van der Waals surface area contributed by atoms with E-state index in [4.69, 9.17) is 4.42 Å². The second-order valence-corrected chi connectivity index (χ2v) is 4.65. The summed E-state index contributed by atoms with van der Waals surface area (Å²) in [6, 6.07) is 8.78. The quantitative estimate of drug-likeness (QED) is 0.742. The summed E-state index contributed by atoms with van der Waals surface area (Å²) < 4.78 is 5.10. The Morgan fingerprint density at radius 2 is 2.00 bits per heavy atom. The third-order valence-electron chi connectivity index (χ3n) is 3.01. The molecule has 1 heterocycles. The lowest BCUT2D eigenvalue weighted by Crippen LogP contribution is -1.95. The first-order valence-electron chi connectivity index (χ1n) is 5.77. The largest absolute Gasteiger partial charge is 0.472 e. The molecule has 1 nitrogen and oxygen atoms in total. The summed E-state index contributed by atoms with van der Waals surface area (Å²) in [4.78, 5) is 0. The summed E-state index contributed by atoms with van der Waals surface area (Å²) in [5.41, 5.74) is 5.39. The van der Waals surface area contributed by atoms with Gasteiger partial charge in [-0.2, -0.15) is 0 Å². The fourth-order valence-corrected chi connectivity index (χ4v) is 1.85. The molecule has 0 aliphatic carbocycles. The van der Waals surface area contributed by atoms with Gasteiger partial charge < -0.3 is 4.42 Å². The van der Waals surface area contributed by atoms with Crippen molar-refractivity contribution in [1.82, 2.24) is 0 Å². The van der Waals surface area contributed by atoms with Crippen molar-refractivity contribution in [2.45, 2.75) is 33.1 Å². The predicted octanol–water partition coefficient (Wildman–Crippen LogP) is 4.30. The van der Waals surface area contributed by atoms with E-state index < -0.39 is 0 Å². The van der Waals surface area contributed by atoms with E-state index in [1.54, 1.807) is 6.26 Å². The maximum absolute atomic E-state index is 5.10. The van der Waals surface area contributed by atoms with E-state index in [0.717, 1.165) is 6.42 Å². The fraction of sp³-hybridized carbons (Fsp3) is 0.333. The minimum absolute atomic E-state index is 0.587. The monoisotopic (exact) mass is 214 g/mol. The number of benzene rings is 1. The maximum atomic E-state index is 5.10. The van der Waals surface area contributed by atoms with Crippen LogP contribution in [0.5, 0.6) is 0 Å². The molecular formula is C15H18O. The molecule has 0 fully saturated rings. The van der Waals surface area contributed by atoms with Gasteiger partial charge in [0.15, 0.2) is 0 Å². The molecule has 0 amide bonds. The molecule has 0 aliphatic heterocycles. The van der Waals surface area contributed by atoms with Crippen LogP contribution >= 0.6 is 0 Å². The molecule has 0 spiro atoms. The van der Waals surface area contributed by atoms with Crippen molar-refractivity contribution in [3.63, 3.8) is 0 Å². The minimum atomic E-state index is 0.587. The average molecular weight is 214 g/mol. The van der Waals surface area contributed by atoms with Gasteiger partial charge in [0.1, 0.15) is 0 Å². The summed E-state index contributed by atoms with van der Waals surface area (Å²) in [6.45, 7) is 6.62. The molecule has 84 valence electrons. The van der Waals surface area contributed by atoms with Crippen LogP contribution in [-0.2, 0) is 6.42 Å². The normalized spacial score (nSPS) is 11.0. The van der Waals surface area contributed by atoms with E-state index in [9.17, 15) is 0 Å². The van der Waals surface area contributed by atoms with Gasteiger partial charge in [-0.3, -0.25) is 0 Å². The molecule has 0 atom stereocenters. The summed E-state index contributed by atoms with van der Waals surface area (Å²) in [6.07, 6.45) is 4.52. The Morgan fingerprint density at radius 1 is 1.19 bits per heavy atom. The number of furan rings is 1. The molecule has 0 bridgehead atoms. The molecule has 0 aliphatic rings. The van der Waals surface area contributed by atoms with E-state index in [-0.39, 0.29) is 0 Å². The third-order valence-corrected chi connectivity index (χ3v) is 3.01. The topological polar surface area (TPSA) is 13.1 Å². The molecule has 2 rings (SSSR count). The van der Waals surface area contributed by atoms with Crippen LogP contribution in [0.3, 0.4) is 0 Å². The highest BCUT2D eigenvalue weighted by Gasteiger charge is 2.05. The van der Waals surface area contributed by atoms with Crippen LogP contribution in [0.25, 0.3) is 0 Å². The van der Waals surface area contributed by atoms with Gasteiger partial charge in [0.05, 0.1) is 12.5 Å². The second-order valence-electron chi connectivity index (χ2n) is 4.65. The maximum Gasteiger partial charge on any atom is 0.0937 e. The fourth-order valence-electron chi connectivity index (χ4n) is 1.85. The summed E-state index contributed by atoms with van der Waals surface area (Å²) in [5, 5.41) is 0. The van der Waals surface area contributed by atoms with Crippen molar-refractivity contribution in [2.75, 3.05) is 0 Å². The first kappa shape index (κ1) is 11.0. The van der Waals surface area contributed by atoms with E-state index in [0.29, 0.717) is 5.92 Å². The SMILES string of the molecule is Cc1ccc(C(C)C)cc1Cc1ccoc1. The zero-order valence-corrected chi connectivity index (χ0v) is 10.2. The van der Waals surface area contributed by atoms with Crippen LogP contribution in [0, 0.1) is 6.92 Å². The average Bonchev–Trinajstić information content (AvgIpc) is 2.73. The lowest BCUT2D eigenvalue weighted by atomic mass is 9.95. The Bertz CT molecular complexity index is 452. The highest BCUT2D eigenvalue weighted by Crippen LogP contribution is 2.21. The molecule has 1 heteroatoms. The molecule has 1 aromatic heterocycles. The van der Waals surface area contributed by atoms with E-state index in [2.05, 4.69) is 39.0 Å². The van der Waals surface area contributed by atoms with Gasteiger partial charge in [-0.05, 0) is 41.2 Å². The first-order chi connectivity index (χ1) is 7.66. The summed E-state index contributed by atoms with van der Waals surface area (Å²) in [7, 11) is 0. The molecule has 16 heavy (non-hydrogen) atoms. The van der Waals surface area contributed by atoms with E-state index >= 15 is 0 Å². The first-order valence-corrected chi connectivity index (χ1v) is 5.77. The van der Waals surface area contributed by atoms with Crippen molar-refractivity contribution in [3.8, 4) is 0 Å². The molecule has 0 N–H and O–H groups in total. The summed E-state index contributed by atoms with van der Waals surface area (Å²) in [5.74, 6) is 0.587. The Hall–Kier alpha value is -1.50. The molecular weight excluding hydrogens is 196 g/mol. The smallest absolute Gasteiger partial charge is 0.0937 e. The molecule has 0 saturated heterocycles. The highest BCUT2D eigenvalue weighted by molar-refractivity contribution is 5.35. The van der Waals surface area contributed by atoms with Gasteiger partial charge in [-0.1, -0.05) is 32.0 Å². The number of rotatable bonds is 3. The standard InChI is InChI=1S/C15H18O/c1-11(2)14-5-4-12(3)15(9-14)8-13-6-7-16-10-13/h4-7,9-11H,8H2,1-3H3. The second kappa shape index (κ2) is 4.56. The minimum Gasteiger partial charge on any atom is -0.472 e. The molecule has 0 unspecified atom stereocenters. The Morgan fingerprint density at radius 3 is 2.62 bits per heavy atom. The molecule has 0 radical (unpaired) electrons. The van der Waals surface area contributed by atoms with Crippen LogP contribution in [0.2, 0.25) is 0 Å². The number of hydrogen-bond donors (Lipinski definition) is 0. The third kappa shape index (κ3) is 2.35. The van der Waals surface area contributed by atoms with E-state index in [1.807, 2.05) is 12.3 Å². The van der Waals surface area contributed by atoms with Crippen LogP contribution < -0.4 is 0 Å². The van der Waals surface area contributed by atoms with Gasteiger partial charge >= 0.3 is 0 Å². The Labute approximate surface area is 97.1 Å². The van der Waals surface area contributed by atoms with E-state index in [1.165, 1.54) is 22.3 Å². The van der Waals surface area contributed by atoms with Crippen LogP contribution in [-0.4, -0.2) is 0 Å². The van der Waals surface area contributed by atoms with Gasteiger partial charge in [0.25, 0.3) is 0 Å². The van der Waals surface area contributed by atoms with Gasteiger partial charge in [0, 0.05) is 6.42 Å². The lowest BCUT2D eigenvalue weighted by Gasteiger charge is -2.10. The number of aryl methyl sites for hydroxylation is 1. The molecule has 1 aromatic carbocycles. The zero-order valence-electron chi connectivity index (χ0n) is 10.2. The van der Waals surface area contributed by atoms with Crippen molar-refractivity contribution < 1.29 is 4.42 Å². The van der Waals surface area contributed by atoms with Gasteiger partial charge in [-0.25, -0.2) is 0 Å². The van der Waals surface area contributed by atoms with Crippen LogP contribution in [0.1, 0.15) is 42.0 Å². The number of hydrogen-bond acceptors (Lipinski definition) is 1. The van der Waals surface area contributed by atoms with Crippen LogP contribution in [0.15, 0.2) is 41.2 Å².